The molecular formula is C25H25N3OS. The molecule has 0 fully saturated rings. The molecule has 5 heteroatoms. The Labute approximate surface area is 181 Å². The predicted molar refractivity (Wildman–Crippen MR) is 124 cm³/mol. The van der Waals surface area contributed by atoms with Crippen molar-refractivity contribution in [3.63, 3.8) is 0 Å². The Hall–Kier alpha value is -2.92. The van der Waals surface area contributed by atoms with Crippen molar-refractivity contribution in [3.8, 4) is 11.4 Å². The highest BCUT2D eigenvalue weighted by Crippen LogP contribution is 2.27. The normalized spacial score (nSPS) is 11.7. The van der Waals surface area contributed by atoms with Gasteiger partial charge in [0.2, 0.25) is 0 Å². The molecule has 30 heavy (non-hydrogen) atoms. The van der Waals surface area contributed by atoms with Crippen molar-refractivity contribution in [2.45, 2.75) is 31.3 Å². The second kappa shape index (κ2) is 8.07. The molecule has 0 saturated carbocycles. The molecule has 1 heterocycles. The van der Waals surface area contributed by atoms with E-state index in [4.69, 9.17) is 0 Å². The molecule has 4 aromatic rings. The van der Waals surface area contributed by atoms with Crippen LogP contribution in [0.3, 0.4) is 0 Å². The highest BCUT2D eigenvalue weighted by atomic mass is 32.2. The molecule has 1 aromatic heterocycles. The molecule has 0 atom stereocenters. The lowest BCUT2D eigenvalue weighted by Gasteiger charge is -2.19. The van der Waals surface area contributed by atoms with E-state index in [1.807, 2.05) is 54.1 Å². The number of thioether (sulfide) groups is 1. The number of carbonyl (C=O) groups excluding carboxylic acids is 1. The Morgan fingerprint density at radius 2 is 1.63 bits per heavy atom. The summed E-state index contributed by atoms with van der Waals surface area (Å²) in [5, 5.41) is 11.6. The number of rotatable bonds is 5. The Balaban J connectivity index is 1.48. The van der Waals surface area contributed by atoms with Gasteiger partial charge in [-0.25, -0.2) is 0 Å². The van der Waals surface area contributed by atoms with E-state index in [1.165, 1.54) is 17.3 Å². The van der Waals surface area contributed by atoms with Crippen molar-refractivity contribution in [3.05, 3.63) is 77.9 Å². The largest absolute Gasteiger partial charge is 0.305 e. The Kier molecular flexibility index (Phi) is 5.48. The van der Waals surface area contributed by atoms with Crippen LogP contribution >= 0.6 is 11.8 Å². The molecule has 0 radical (unpaired) electrons. The fourth-order valence-electron chi connectivity index (χ4n) is 3.39. The third-order valence-corrected chi connectivity index (χ3v) is 6.27. The van der Waals surface area contributed by atoms with Gasteiger partial charge in [-0.3, -0.25) is 4.79 Å². The summed E-state index contributed by atoms with van der Waals surface area (Å²) >= 11 is 1.42. The topological polar surface area (TPSA) is 47.8 Å². The molecule has 3 aromatic carbocycles. The van der Waals surface area contributed by atoms with Gasteiger partial charge >= 0.3 is 0 Å². The SMILES string of the molecule is Cn1c(SCC(=O)c2ccc3ccccc3c2)nnc1-c1ccc(C(C)(C)C)cc1. The zero-order valence-electron chi connectivity index (χ0n) is 17.7. The van der Waals surface area contributed by atoms with Crippen LogP contribution in [0.25, 0.3) is 22.2 Å². The molecule has 0 aliphatic rings. The minimum absolute atomic E-state index is 0.0878. The van der Waals surface area contributed by atoms with Crippen LogP contribution in [0.4, 0.5) is 0 Å². The summed E-state index contributed by atoms with van der Waals surface area (Å²) in [7, 11) is 1.94. The van der Waals surface area contributed by atoms with Gasteiger partial charge in [-0.15, -0.1) is 10.2 Å². The minimum Gasteiger partial charge on any atom is -0.305 e. The van der Waals surface area contributed by atoms with Gasteiger partial charge in [0.05, 0.1) is 5.75 Å². The smallest absolute Gasteiger partial charge is 0.191 e. The zero-order chi connectivity index (χ0) is 21.3. The fourth-order valence-corrected chi connectivity index (χ4v) is 4.19. The summed E-state index contributed by atoms with van der Waals surface area (Å²) in [6.45, 7) is 6.60. The molecule has 4 nitrogen and oxygen atoms in total. The van der Waals surface area contributed by atoms with E-state index in [0.717, 1.165) is 32.9 Å². The number of fused-ring (bicyclic) bond motifs is 1. The number of hydrogen-bond acceptors (Lipinski definition) is 4. The second-order valence-electron chi connectivity index (χ2n) is 8.47. The fraction of sp³-hybridized carbons (Fsp3) is 0.240. The first-order valence-electron chi connectivity index (χ1n) is 9.98. The van der Waals surface area contributed by atoms with Gasteiger partial charge in [0.1, 0.15) is 0 Å². The van der Waals surface area contributed by atoms with E-state index in [9.17, 15) is 4.79 Å². The first kappa shape index (κ1) is 20.4. The number of Topliss-reactive ketones (excluding diaryl/α,β-unsaturated/α-hetero) is 1. The van der Waals surface area contributed by atoms with Crippen LogP contribution in [0, 0.1) is 0 Å². The molecule has 0 bridgehead atoms. The van der Waals surface area contributed by atoms with Gasteiger partial charge in [-0.1, -0.05) is 93.2 Å². The monoisotopic (exact) mass is 415 g/mol. The van der Waals surface area contributed by atoms with E-state index >= 15 is 0 Å². The van der Waals surface area contributed by atoms with Crippen LogP contribution in [0.1, 0.15) is 36.7 Å². The lowest BCUT2D eigenvalue weighted by molar-refractivity contribution is 0.102. The van der Waals surface area contributed by atoms with Gasteiger partial charge in [0.15, 0.2) is 16.8 Å². The van der Waals surface area contributed by atoms with Gasteiger partial charge in [-0.05, 0) is 27.8 Å². The second-order valence-corrected chi connectivity index (χ2v) is 9.41. The maximum Gasteiger partial charge on any atom is 0.191 e. The average molecular weight is 416 g/mol. The maximum atomic E-state index is 12.7. The number of ketones is 1. The van der Waals surface area contributed by atoms with Crippen LogP contribution in [-0.2, 0) is 12.5 Å². The van der Waals surface area contributed by atoms with Crippen molar-refractivity contribution in [2.24, 2.45) is 7.05 Å². The van der Waals surface area contributed by atoms with E-state index in [0.29, 0.717) is 5.75 Å². The molecule has 0 saturated heterocycles. The summed E-state index contributed by atoms with van der Waals surface area (Å²) in [5.41, 5.74) is 3.14. The molecular weight excluding hydrogens is 390 g/mol. The summed E-state index contributed by atoms with van der Waals surface area (Å²) in [4.78, 5) is 12.7. The molecule has 0 spiro atoms. The third-order valence-electron chi connectivity index (χ3n) is 5.25. The Morgan fingerprint density at radius 3 is 2.33 bits per heavy atom. The number of benzene rings is 3. The first-order chi connectivity index (χ1) is 14.3. The van der Waals surface area contributed by atoms with Crippen molar-refractivity contribution in [1.82, 2.24) is 14.8 Å². The summed E-state index contributed by atoms with van der Waals surface area (Å²) < 4.78 is 1.95. The van der Waals surface area contributed by atoms with Crippen molar-refractivity contribution >= 4 is 28.3 Å². The van der Waals surface area contributed by atoms with Crippen LogP contribution in [0.15, 0.2) is 71.9 Å². The summed E-state index contributed by atoms with van der Waals surface area (Å²) in [5.74, 6) is 1.22. The van der Waals surface area contributed by atoms with Crippen LogP contribution in [0.2, 0.25) is 0 Å². The lowest BCUT2D eigenvalue weighted by Crippen LogP contribution is -2.10. The van der Waals surface area contributed by atoms with E-state index in [2.05, 4.69) is 55.2 Å². The Bertz CT molecular complexity index is 1200. The van der Waals surface area contributed by atoms with E-state index in [1.54, 1.807) is 0 Å². The van der Waals surface area contributed by atoms with Crippen LogP contribution < -0.4 is 0 Å². The summed E-state index contributed by atoms with van der Waals surface area (Å²) in [6, 6.07) is 22.4. The minimum atomic E-state index is 0.0878. The van der Waals surface area contributed by atoms with Gasteiger partial charge < -0.3 is 4.57 Å². The van der Waals surface area contributed by atoms with Crippen molar-refractivity contribution in [2.75, 3.05) is 5.75 Å². The molecule has 0 unspecified atom stereocenters. The molecule has 0 N–H and O–H groups in total. The number of nitrogens with zero attached hydrogens (tertiary/aromatic N) is 3. The first-order valence-corrected chi connectivity index (χ1v) is 11.0. The zero-order valence-corrected chi connectivity index (χ0v) is 18.5. The highest BCUT2D eigenvalue weighted by Gasteiger charge is 2.16. The van der Waals surface area contributed by atoms with E-state index in [-0.39, 0.29) is 11.2 Å². The van der Waals surface area contributed by atoms with E-state index < -0.39 is 0 Å². The molecule has 0 aliphatic heterocycles. The number of carbonyl (C=O) groups is 1. The Morgan fingerprint density at radius 1 is 0.933 bits per heavy atom. The number of hydrogen-bond donors (Lipinski definition) is 0. The van der Waals surface area contributed by atoms with Gasteiger partial charge in [0, 0.05) is 18.2 Å². The number of aromatic nitrogens is 3. The van der Waals surface area contributed by atoms with Gasteiger partial charge in [0.25, 0.3) is 0 Å². The van der Waals surface area contributed by atoms with Crippen molar-refractivity contribution in [1.29, 1.82) is 0 Å². The maximum absolute atomic E-state index is 12.7. The quantitative estimate of drug-likeness (QED) is 0.300. The molecule has 0 amide bonds. The predicted octanol–water partition coefficient (Wildman–Crippen LogP) is 5.91. The standard InChI is InChI=1S/C25H25N3OS/c1-25(2,3)21-13-11-18(12-14-21)23-26-27-24(28(23)4)30-16-22(29)20-10-9-17-7-5-6-8-19(17)15-20/h5-15H,16H2,1-4H3. The van der Waals surface area contributed by atoms with Crippen LogP contribution in [0.5, 0.6) is 0 Å². The highest BCUT2D eigenvalue weighted by molar-refractivity contribution is 7.99. The molecule has 4 rings (SSSR count). The molecule has 0 aliphatic carbocycles. The van der Waals surface area contributed by atoms with Crippen molar-refractivity contribution < 1.29 is 4.79 Å². The van der Waals surface area contributed by atoms with Gasteiger partial charge in [-0.2, -0.15) is 0 Å². The summed E-state index contributed by atoms with van der Waals surface area (Å²) in [6.07, 6.45) is 0. The third kappa shape index (κ3) is 4.17. The average Bonchev–Trinajstić information content (AvgIpc) is 3.11. The molecule has 152 valence electrons. The lowest BCUT2D eigenvalue weighted by atomic mass is 9.87. The van der Waals surface area contributed by atoms with Crippen LogP contribution in [-0.4, -0.2) is 26.3 Å².